The number of carbonyl (C=O) groups excluding carboxylic acids is 1. The lowest BCUT2D eigenvalue weighted by atomic mass is 10.1. The van der Waals surface area contributed by atoms with E-state index in [2.05, 4.69) is 20.2 Å². The van der Waals surface area contributed by atoms with Gasteiger partial charge in [-0.25, -0.2) is 23.8 Å². The summed E-state index contributed by atoms with van der Waals surface area (Å²) in [5, 5.41) is 7.36. The normalized spacial score (nSPS) is 18.3. The van der Waals surface area contributed by atoms with Gasteiger partial charge in [0.15, 0.2) is 5.82 Å². The zero-order valence-electron chi connectivity index (χ0n) is 21.6. The van der Waals surface area contributed by atoms with Gasteiger partial charge in [-0.2, -0.15) is 18.3 Å². The number of fused-ring (bicyclic) bond motifs is 1. The van der Waals surface area contributed by atoms with Crippen LogP contribution in [0.5, 0.6) is 5.75 Å². The second kappa shape index (κ2) is 11.8. The van der Waals surface area contributed by atoms with E-state index in [4.69, 9.17) is 9.47 Å². The molecular weight excluding hydrogens is 557 g/mol. The third-order valence-corrected chi connectivity index (χ3v) is 6.84. The largest absolute Gasteiger partial charge is 0.488 e. The van der Waals surface area contributed by atoms with Crippen molar-refractivity contribution in [2.45, 2.75) is 25.1 Å². The average molecular weight is 584 g/mol. The maximum Gasteiger partial charge on any atom is 0.419 e. The number of alkyl halides is 5. The van der Waals surface area contributed by atoms with Gasteiger partial charge in [-0.3, -0.25) is 9.59 Å². The van der Waals surface area contributed by atoms with Crippen molar-refractivity contribution in [3.8, 4) is 5.75 Å². The predicted octanol–water partition coefficient (Wildman–Crippen LogP) is 2.32. The highest BCUT2D eigenvalue weighted by Crippen LogP contribution is 2.29. The Balaban J connectivity index is 1.19. The molecule has 16 heteroatoms. The smallest absolute Gasteiger partial charge is 0.419 e. The van der Waals surface area contributed by atoms with Crippen LogP contribution in [-0.4, -0.2) is 96.0 Å². The third kappa shape index (κ3) is 6.64. The van der Waals surface area contributed by atoms with Crippen molar-refractivity contribution in [2.75, 3.05) is 62.3 Å². The van der Waals surface area contributed by atoms with E-state index >= 15 is 0 Å². The highest BCUT2D eigenvalue weighted by atomic mass is 19.4. The van der Waals surface area contributed by atoms with Crippen LogP contribution in [0.1, 0.15) is 12.0 Å². The van der Waals surface area contributed by atoms with Crippen molar-refractivity contribution in [1.29, 1.82) is 0 Å². The monoisotopic (exact) mass is 583 g/mol. The Morgan fingerprint density at radius 3 is 2.49 bits per heavy atom. The fourth-order valence-corrected chi connectivity index (χ4v) is 4.77. The Hall–Kier alpha value is -4.08. The summed E-state index contributed by atoms with van der Waals surface area (Å²) in [7, 11) is 0. The second-order valence-corrected chi connectivity index (χ2v) is 9.57. The van der Waals surface area contributed by atoms with E-state index in [1.54, 1.807) is 15.9 Å². The number of rotatable bonds is 7. The van der Waals surface area contributed by atoms with Gasteiger partial charge < -0.3 is 24.2 Å². The minimum Gasteiger partial charge on any atom is -0.488 e. The molecule has 1 atom stereocenters. The fraction of sp³-hybridized carbons (Fsp3) is 0.480. The summed E-state index contributed by atoms with van der Waals surface area (Å²) in [4.78, 5) is 38.3. The van der Waals surface area contributed by atoms with Gasteiger partial charge in [0.2, 0.25) is 11.9 Å². The molecule has 2 aromatic heterocycles. The van der Waals surface area contributed by atoms with E-state index in [0.29, 0.717) is 57.1 Å². The number of amides is 1. The van der Waals surface area contributed by atoms with Crippen molar-refractivity contribution < 1.29 is 36.2 Å². The van der Waals surface area contributed by atoms with Crippen molar-refractivity contribution in [2.24, 2.45) is 0 Å². The number of hydrogen-bond acceptors (Lipinski definition) is 9. The van der Waals surface area contributed by atoms with Gasteiger partial charge in [0.05, 0.1) is 30.1 Å². The van der Waals surface area contributed by atoms with E-state index in [0.717, 1.165) is 12.4 Å². The van der Waals surface area contributed by atoms with E-state index in [-0.39, 0.29) is 29.4 Å². The van der Waals surface area contributed by atoms with Crippen LogP contribution >= 0.6 is 0 Å². The van der Waals surface area contributed by atoms with Gasteiger partial charge in [-0.15, -0.1) is 0 Å². The first-order chi connectivity index (χ1) is 19.6. The number of ether oxygens (including phenoxy) is 2. The van der Waals surface area contributed by atoms with E-state index in [1.807, 2.05) is 4.90 Å². The van der Waals surface area contributed by atoms with E-state index in [9.17, 15) is 31.5 Å². The molecule has 3 aromatic rings. The lowest BCUT2D eigenvalue weighted by molar-refractivity contribution is -0.138. The molecule has 0 saturated carbocycles. The number of nitrogens with one attached hydrogen (secondary N) is 1. The second-order valence-electron chi connectivity index (χ2n) is 9.57. The van der Waals surface area contributed by atoms with E-state index < -0.39 is 36.4 Å². The maximum absolute atomic E-state index is 13.0. The number of carbonyl (C=O) groups is 1. The molecule has 2 fully saturated rings. The van der Waals surface area contributed by atoms with Crippen LogP contribution in [0.2, 0.25) is 0 Å². The molecule has 1 amide bonds. The molecule has 11 nitrogen and oxygen atoms in total. The Kier molecular flexibility index (Phi) is 8.19. The molecule has 0 spiro atoms. The van der Waals surface area contributed by atoms with Crippen LogP contribution < -0.4 is 20.1 Å². The molecule has 4 heterocycles. The summed E-state index contributed by atoms with van der Waals surface area (Å²) in [6.45, 7) is 1.73. The number of aromatic amines is 1. The molecule has 0 radical (unpaired) electrons. The number of halogens is 5. The van der Waals surface area contributed by atoms with E-state index in [1.165, 1.54) is 12.1 Å². The SMILES string of the molecule is O=C(C[C@H]1CN(c2n[nH]c(=O)c3cc(OCC(F)F)ccc23)CCO1)N1CCN(c2ncc(C(F)(F)F)cn2)CC1. The molecule has 1 aromatic carbocycles. The average Bonchev–Trinajstić information content (AvgIpc) is 2.96. The van der Waals surface area contributed by atoms with Crippen LogP contribution in [0.25, 0.3) is 10.8 Å². The number of piperazine rings is 1. The quantitative estimate of drug-likeness (QED) is 0.419. The lowest BCUT2D eigenvalue weighted by Gasteiger charge is -2.37. The van der Waals surface area contributed by atoms with Crippen LogP contribution in [0.15, 0.2) is 35.4 Å². The molecular formula is C25H26F5N7O4. The summed E-state index contributed by atoms with van der Waals surface area (Å²) in [5.74, 6) is 0.636. The van der Waals surface area contributed by atoms with Crippen LogP contribution in [0.3, 0.4) is 0 Å². The van der Waals surface area contributed by atoms with Crippen molar-refractivity contribution >= 4 is 28.4 Å². The number of anilines is 2. The Morgan fingerprint density at radius 1 is 1.07 bits per heavy atom. The van der Waals surface area contributed by atoms with Crippen LogP contribution in [0, 0.1) is 0 Å². The van der Waals surface area contributed by atoms with Gasteiger partial charge in [0.25, 0.3) is 12.0 Å². The minimum atomic E-state index is -4.52. The van der Waals surface area contributed by atoms with Gasteiger partial charge in [0, 0.05) is 57.0 Å². The van der Waals surface area contributed by atoms with Crippen molar-refractivity contribution in [3.63, 3.8) is 0 Å². The molecule has 2 aliphatic rings. The first-order valence-corrected chi connectivity index (χ1v) is 12.8. The van der Waals surface area contributed by atoms with Gasteiger partial charge >= 0.3 is 6.18 Å². The molecule has 2 aliphatic heterocycles. The zero-order valence-corrected chi connectivity index (χ0v) is 21.6. The summed E-state index contributed by atoms with van der Waals surface area (Å²) in [6.07, 6.45) is -6.04. The number of nitrogens with zero attached hydrogens (tertiary/aromatic N) is 6. The number of aromatic nitrogens is 4. The molecule has 2 saturated heterocycles. The molecule has 41 heavy (non-hydrogen) atoms. The Morgan fingerprint density at radius 2 is 1.80 bits per heavy atom. The maximum atomic E-state index is 13.0. The molecule has 0 unspecified atom stereocenters. The first-order valence-electron chi connectivity index (χ1n) is 12.8. The summed E-state index contributed by atoms with van der Waals surface area (Å²) < 4.78 is 74.2. The topological polar surface area (TPSA) is 117 Å². The van der Waals surface area contributed by atoms with Gasteiger partial charge in [-0.05, 0) is 18.2 Å². The summed E-state index contributed by atoms with van der Waals surface area (Å²) in [5.41, 5.74) is -1.42. The number of benzene rings is 1. The first kappa shape index (κ1) is 28.4. The minimum absolute atomic E-state index is 0.0974. The molecule has 0 bridgehead atoms. The highest BCUT2D eigenvalue weighted by molar-refractivity contribution is 5.92. The number of hydrogen-bond donors (Lipinski definition) is 1. The Labute approximate surface area is 229 Å². The predicted molar refractivity (Wildman–Crippen MR) is 136 cm³/mol. The van der Waals surface area contributed by atoms with Crippen molar-refractivity contribution in [1.82, 2.24) is 25.1 Å². The van der Waals surface area contributed by atoms with Gasteiger partial charge in [0.1, 0.15) is 12.4 Å². The molecule has 0 aliphatic carbocycles. The molecule has 220 valence electrons. The van der Waals surface area contributed by atoms with Crippen LogP contribution in [-0.2, 0) is 15.7 Å². The van der Waals surface area contributed by atoms with Crippen molar-refractivity contribution in [3.05, 3.63) is 46.5 Å². The molecule has 1 N–H and O–H groups in total. The highest BCUT2D eigenvalue weighted by Gasteiger charge is 2.32. The number of H-pyrrole nitrogens is 1. The fourth-order valence-electron chi connectivity index (χ4n) is 4.77. The number of morpholine rings is 1. The van der Waals surface area contributed by atoms with Gasteiger partial charge in [-0.1, -0.05) is 0 Å². The lowest BCUT2D eigenvalue weighted by Crippen LogP contribution is -2.51. The van der Waals surface area contributed by atoms with Crippen LogP contribution in [0.4, 0.5) is 33.7 Å². The third-order valence-electron chi connectivity index (χ3n) is 6.84. The summed E-state index contributed by atoms with van der Waals surface area (Å²) >= 11 is 0. The molecule has 5 rings (SSSR count). The summed E-state index contributed by atoms with van der Waals surface area (Å²) in [6, 6.07) is 4.47. The zero-order chi connectivity index (χ0) is 29.1. The Bertz CT molecular complexity index is 1430. The standard InChI is InChI=1S/C25H26F5N7O4/c26-20(27)14-41-16-1-2-18-19(9-16)23(39)34-33-22(18)37-7-8-40-17(13-37)10-21(38)35-3-5-36(6-4-35)24-31-11-15(12-32-24)25(28,29)30/h1-2,9,11-12,17,20H,3-8,10,13-14H2,(H,34,39)/t17-/m0/s1.